The van der Waals surface area contributed by atoms with Crippen LogP contribution in [-0.4, -0.2) is 24.5 Å². The van der Waals surface area contributed by atoms with Crippen molar-refractivity contribution in [1.29, 1.82) is 0 Å². The summed E-state index contributed by atoms with van der Waals surface area (Å²) in [4.78, 5) is 1.28. The van der Waals surface area contributed by atoms with Crippen molar-refractivity contribution in [2.75, 3.05) is 19.4 Å². The third-order valence-corrected chi connectivity index (χ3v) is 4.31. The van der Waals surface area contributed by atoms with E-state index >= 15 is 0 Å². The molecule has 0 spiro atoms. The standard InChI is InChI=1S/C17H20N2OS2/c1-20-15-9-7-14(8-10-15)13-19-17(21)18-11-12-22-16-5-3-2-4-6-16/h2-10H,11-13H2,1H3,(H2,18,19,21). The molecule has 0 radical (unpaired) electrons. The smallest absolute Gasteiger partial charge is 0.166 e. The molecule has 3 nitrogen and oxygen atoms in total. The molecule has 22 heavy (non-hydrogen) atoms. The van der Waals surface area contributed by atoms with Crippen LogP contribution in [0.4, 0.5) is 0 Å². The number of thioether (sulfide) groups is 1. The van der Waals surface area contributed by atoms with Crippen LogP contribution in [0.3, 0.4) is 0 Å². The average Bonchev–Trinajstić information content (AvgIpc) is 2.58. The lowest BCUT2D eigenvalue weighted by molar-refractivity contribution is 0.414. The molecule has 0 unspecified atom stereocenters. The molecule has 2 aromatic rings. The van der Waals surface area contributed by atoms with Crippen molar-refractivity contribution < 1.29 is 4.74 Å². The monoisotopic (exact) mass is 332 g/mol. The molecule has 0 aliphatic carbocycles. The third-order valence-electron chi connectivity index (χ3n) is 3.01. The molecule has 0 bridgehead atoms. The van der Waals surface area contributed by atoms with E-state index in [-0.39, 0.29) is 0 Å². The highest BCUT2D eigenvalue weighted by atomic mass is 32.2. The molecule has 2 rings (SSSR count). The molecule has 0 saturated carbocycles. The topological polar surface area (TPSA) is 33.3 Å². The summed E-state index contributed by atoms with van der Waals surface area (Å²) in [6.07, 6.45) is 0. The average molecular weight is 332 g/mol. The molecule has 2 aromatic carbocycles. The van der Waals surface area contributed by atoms with Crippen LogP contribution < -0.4 is 15.4 Å². The van der Waals surface area contributed by atoms with Crippen LogP contribution >= 0.6 is 24.0 Å². The first kappa shape index (κ1) is 16.6. The number of methoxy groups -OCH3 is 1. The predicted molar refractivity (Wildman–Crippen MR) is 97.6 cm³/mol. The second kappa shape index (κ2) is 9.33. The van der Waals surface area contributed by atoms with Crippen molar-refractivity contribution in [1.82, 2.24) is 10.6 Å². The second-order valence-corrected chi connectivity index (χ2v) is 6.20. The minimum absolute atomic E-state index is 0.685. The van der Waals surface area contributed by atoms with E-state index < -0.39 is 0 Å². The molecule has 0 atom stereocenters. The first-order chi connectivity index (χ1) is 10.8. The summed E-state index contributed by atoms with van der Waals surface area (Å²) in [5, 5.41) is 7.11. The maximum Gasteiger partial charge on any atom is 0.166 e. The van der Waals surface area contributed by atoms with Crippen molar-refractivity contribution in [2.45, 2.75) is 11.4 Å². The lowest BCUT2D eigenvalue weighted by Gasteiger charge is -2.10. The summed E-state index contributed by atoms with van der Waals surface area (Å²) in [5.41, 5.74) is 1.17. The number of ether oxygens (including phenoxy) is 1. The Morgan fingerprint density at radius 3 is 2.45 bits per heavy atom. The molecule has 0 amide bonds. The van der Waals surface area contributed by atoms with Crippen LogP contribution in [0.1, 0.15) is 5.56 Å². The fraction of sp³-hybridized carbons (Fsp3) is 0.235. The zero-order valence-corrected chi connectivity index (χ0v) is 14.2. The molecular formula is C17H20N2OS2. The Bertz CT molecular complexity index is 573. The number of rotatable bonds is 7. The van der Waals surface area contributed by atoms with E-state index in [0.29, 0.717) is 11.7 Å². The molecule has 0 aromatic heterocycles. The Morgan fingerprint density at radius 1 is 1.05 bits per heavy atom. The van der Waals surface area contributed by atoms with Gasteiger partial charge in [-0.05, 0) is 42.0 Å². The van der Waals surface area contributed by atoms with Gasteiger partial charge in [0, 0.05) is 23.7 Å². The first-order valence-electron chi connectivity index (χ1n) is 7.10. The number of benzene rings is 2. The van der Waals surface area contributed by atoms with Gasteiger partial charge in [0.25, 0.3) is 0 Å². The summed E-state index contributed by atoms with van der Waals surface area (Å²) in [6, 6.07) is 18.3. The molecular weight excluding hydrogens is 312 g/mol. The van der Waals surface area contributed by atoms with Gasteiger partial charge in [-0.15, -0.1) is 11.8 Å². The van der Waals surface area contributed by atoms with Gasteiger partial charge in [-0.1, -0.05) is 30.3 Å². The van der Waals surface area contributed by atoms with Crippen molar-refractivity contribution in [3.63, 3.8) is 0 Å². The van der Waals surface area contributed by atoms with Crippen LogP contribution in [0.2, 0.25) is 0 Å². The van der Waals surface area contributed by atoms with Crippen molar-refractivity contribution in [2.24, 2.45) is 0 Å². The van der Waals surface area contributed by atoms with Crippen LogP contribution in [0.25, 0.3) is 0 Å². The van der Waals surface area contributed by atoms with Crippen LogP contribution in [0.5, 0.6) is 5.75 Å². The van der Waals surface area contributed by atoms with Gasteiger partial charge >= 0.3 is 0 Å². The Labute approximate surface area is 141 Å². The van der Waals surface area contributed by atoms with Gasteiger partial charge < -0.3 is 15.4 Å². The molecule has 0 aliphatic heterocycles. The van der Waals surface area contributed by atoms with E-state index in [2.05, 4.69) is 34.9 Å². The van der Waals surface area contributed by atoms with Gasteiger partial charge in [-0.2, -0.15) is 0 Å². The van der Waals surface area contributed by atoms with E-state index in [1.165, 1.54) is 10.5 Å². The Morgan fingerprint density at radius 2 is 1.77 bits per heavy atom. The van der Waals surface area contributed by atoms with Gasteiger partial charge in [0.2, 0.25) is 0 Å². The molecule has 0 saturated heterocycles. The van der Waals surface area contributed by atoms with Crippen molar-refractivity contribution in [3.8, 4) is 5.75 Å². The summed E-state index contributed by atoms with van der Waals surface area (Å²) in [5.74, 6) is 1.84. The maximum atomic E-state index is 5.28. The predicted octanol–water partition coefficient (Wildman–Crippen LogP) is 3.45. The van der Waals surface area contributed by atoms with Gasteiger partial charge in [0.1, 0.15) is 5.75 Å². The molecule has 0 aliphatic rings. The summed E-state index contributed by atoms with van der Waals surface area (Å²) in [6.45, 7) is 1.55. The second-order valence-electron chi connectivity index (χ2n) is 4.62. The number of thiocarbonyl (C=S) groups is 1. The van der Waals surface area contributed by atoms with E-state index in [0.717, 1.165) is 18.0 Å². The Hall–Kier alpha value is -1.72. The van der Waals surface area contributed by atoms with Crippen LogP contribution in [0.15, 0.2) is 59.5 Å². The van der Waals surface area contributed by atoms with Gasteiger partial charge in [-0.25, -0.2) is 0 Å². The highest BCUT2D eigenvalue weighted by molar-refractivity contribution is 7.99. The van der Waals surface area contributed by atoms with Crippen molar-refractivity contribution in [3.05, 3.63) is 60.2 Å². The minimum Gasteiger partial charge on any atom is -0.497 e. The molecule has 0 heterocycles. The zero-order valence-electron chi connectivity index (χ0n) is 12.5. The molecule has 2 N–H and O–H groups in total. The van der Waals surface area contributed by atoms with E-state index in [1.807, 2.05) is 42.1 Å². The first-order valence-corrected chi connectivity index (χ1v) is 8.50. The highest BCUT2D eigenvalue weighted by Gasteiger charge is 1.98. The summed E-state index contributed by atoms with van der Waals surface area (Å²) < 4.78 is 5.14. The summed E-state index contributed by atoms with van der Waals surface area (Å²) in [7, 11) is 1.67. The maximum absolute atomic E-state index is 5.28. The number of hydrogen-bond acceptors (Lipinski definition) is 3. The highest BCUT2D eigenvalue weighted by Crippen LogP contribution is 2.15. The van der Waals surface area contributed by atoms with E-state index in [9.17, 15) is 0 Å². The third kappa shape index (κ3) is 5.95. The van der Waals surface area contributed by atoms with Gasteiger partial charge in [-0.3, -0.25) is 0 Å². The lowest BCUT2D eigenvalue weighted by Crippen LogP contribution is -2.35. The largest absolute Gasteiger partial charge is 0.497 e. The Balaban J connectivity index is 1.61. The fourth-order valence-electron chi connectivity index (χ4n) is 1.84. The van der Waals surface area contributed by atoms with Crippen molar-refractivity contribution >= 4 is 29.1 Å². The van der Waals surface area contributed by atoms with Crippen LogP contribution in [-0.2, 0) is 6.54 Å². The van der Waals surface area contributed by atoms with Gasteiger partial charge in [0.05, 0.1) is 7.11 Å². The Kier molecular flexibility index (Phi) is 7.06. The van der Waals surface area contributed by atoms with E-state index in [1.54, 1.807) is 7.11 Å². The van der Waals surface area contributed by atoms with Crippen LogP contribution in [0, 0.1) is 0 Å². The van der Waals surface area contributed by atoms with E-state index in [4.69, 9.17) is 17.0 Å². The minimum atomic E-state index is 0.685. The molecule has 116 valence electrons. The molecule has 5 heteroatoms. The summed E-state index contributed by atoms with van der Waals surface area (Å²) >= 11 is 7.09. The lowest BCUT2D eigenvalue weighted by atomic mass is 10.2. The quantitative estimate of drug-likeness (QED) is 0.461. The fourth-order valence-corrected chi connectivity index (χ4v) is 2.80. The normalized spacial score (nSPS) is 10.0. The van der Waals surface area contributed by atoms with Gasteiger partial charge in [0.15, 0.2) is 5.11 Å². The SMILES string of the molecule is COc1ccc(CNC(=S)NCCSc2ccccc2)cc1. The molecule has 0 fully saturated rings. The zero-order chi connectivity index (χ0) is 15.6. The number of nitrogens with one attached hydrogen (secondary N) is 2. The number of hydrogen-bond donors (Lipinski definition) is 2.